The van der Waals surface area contributed by atoms with E-state index in [4.69, 9.17) is 4.74 Å². The predicted octanol–water partition coefficient (Wildman–Crippen LogP) is 2.62. The zero-order valence-corrected chi connectivity index (χ0v) is 16.3. The molecule has 2 aromatic rings. The first-order chi connectivity index (χ1) is 13.2. The molecule has 0 bridgehead atoms. The number of carbonyl (C=O) groups is 3. The number of carbonyl (C=O) groups excluding carboxylic acids is 3. The second kappa shape index (κ2) is 9.03. The molecule has 0 aliphatic heterocycles. The van der Waals surface area contributed by atoms with Gasteiger partial charge in [0.05, 0.1) is 6.54 Å². The molecule has 0 saturated heterocycles. The molecule has 0 saturated carbocycles. The summed E-state index contributed by atoms with van der Waals surface area (Å²) in [5.41, 5.74) is 3.29. The standard InChI is InChI=1S/C21H24N2O5/c1-12-8-9-16(17(24)10-12)21(27)28-15(4)20(26)22-11-18(25)23-19-13(2)6-5-7-14(19)3/h5-10,15,24H,11H2,1-4H3,(H,22,26)(H,23,25). The van der Waals surface area contributed by atoms with E-state index in [1.165, 1.54) is 19.1 Å². The Morgan fingerprint density at radius 1 is 1.07 bits per heavy atom. The topological polar surface area (TPSA) is 105 Å². The van der Waals surface area contributed by atoms with E-state index < -0.39 is 18.0 Å². The third-order valence-electron chi connectivity index (χ3n) is 4.19. The number of hydrogen-bond donors (Lipinski definition) is 3. The van der Waals surface area contributed by atoms with Gasteiger partial charge in [0.25, 0.3) is 5.91 Å². The minimum atomic E-state index is -1.12. The van der Waals surface area contributed by atoms with Gasteiger partial charge in [-0.15, -0.1) is 0 Å². The van der Waals surface area contributed by atoms with Crippen molar-refractivity contribution >= 4 is 23.5 Å². The Kier molecular flexibility index (Phi) is 6.76. The highest BCUT2D eigenvalue weighted by Gasteiger charge is 2.21. The maximum atomic E-state index is 12.1. The smallest absolute Gasteiger partial charge is 0.342 e. The second-order valence-electron chi connectivity index (χ2n) is 6.60. The van der Waals surface area contributed by atoms with Crippen molar-refractivity contribution in [2.24, 2.45) is 0 Å². The third-order valence-corrected chi connectivity index (χ3v) is 4.19. The fraction of sp³-hybridized carbons (Fsp3) is 0.286. The average molecular weight is 384 g/mol. The largest absolute Gasteiger partial charge is 0.507 e. The van der Waals surface area contributed by atoms with Crippen molar-refractivity contribution < 1.29 is 24.2 Å². The summed E-state index contributed by atoms with van der Waals surface area (Å²) in [6, 6.07) is 10.2. The summed E-state index contributed by atoms with van der Waals surface area (Å²) in [5, 5.41) is 15.0. The van der Waals surface area contributed by atoms with Gasteiger partial charge in [0.15, 0.2) is 6.10 Å². The molecule has 7 heteroatoms. The number of aromatic hydroxyl groups is 1. The number of nitrogens with one attached hydrogen (secondary N) is 2. The van der Waals surface area contributed by atoms with Gasteiger partial charge in [-0.1, -0.05) is 24.3 Å². The number of rotatable bonds is 6. The van der Waals surface area contributed by atoms with Gasteiger partial charge >= 0.3 is 5.97 Å². The van der Waals surface area contributed by atoms with Crippen LogP contribution in [-0.2, 0) is 14.3 Å². The molecule has 2 aromatic carbocycles. The first-order valence-electron chi connectivity index (χ1n) is 8.83. The van der Waals surface area contributed by atoms with Gasteiger partial charge in [-0.2, -0.15) is 0 Å². The fourth-order valence-electron chi connectivity index (χ4n) is 2.60. The number of hydrogen-bond acceptors (Lipinski definition) is 5. The number of para-hydroxylation sites is 1. The van der Waals surface area contributed by atoms with Gasteiger partial charge in [0.2, 0.25) is 5.91 Å². The quantitative estimate of drug-likeness (QED) is 0.664. The zero-order chi connectivity index (χ0) is 20.8. The van der Waals surface area contributed by atoms with Gasteiger partial charge < -0.3 is 20.5 Å². The van der Waals surface area contributed by atoms with Crippen LogP contribution in [0.2, 0.25) is 0 Å². The minimum absolute atomic E-state index is 0.0296. The molecule has 0 aromatic heterocycles. The van der Waals surface area contributed by atoms with Crippen LogP contribution in [0.15, 0.2) is 36.4 Å². The van der Waals surface area contributed by atoms with E-state index in [1.807, 2.05) is 32.0 Å². The highest BCUT2D eigenvalue weighted by Crippen LogP contribution is 2.20. The highest BCUT2D eigenvalue weighted by atomic mass is 16.5. The molecule has 2 amide bonds. The third kappa shape index (κ3) is 5.33. The van der Waals surface area contributed by atoms with E-state index in [9.17, 15) is 19.5 Å². The molecule has 148 valence electrons. The first kappa shape index (κ1) is 21.0. The zero-order valence-electron chi connectivity index (χ0n) is 16.3. The fourth-order valence-corrected chi connectivity index (χ4v) is 2.60. The van der Waals surface area contributed by atoms with Crippen molar-refractivity contribution in [1.82, 2.24) is 5.32 Å². The van der Waals surface area contributed by atoms with Crippen LogP contribution in [0.1, 0.15) is 34.0 Å². The minimum Gasteiger partial charge on any atom is -0.507 e. The van der Waals surface area contributed by atoms with E-state index in [0.717, 1.165) is 16.7 Å². The maximum Gasteiger partial charge on any atom is 0.342 e. The molecule has 0 aliphatic carbocycles. The van der Waals surface area contributed by atoms with Crippen LogP contribution in [0, 0.1) is 20.8 Å². The summed E-state index contributed by atoms with van der Waals surface area (Å²) in [6.45, 7) is 6.66. The van der Waals surface area contributed by atoms with Gasteiger partial charge in [0.1, 0.15) is 11.3 Å². The monoisotopic (exact) mass is 384 g/mol. The number of esters is 1. The molecule has 0 radical (unpaired) electrons. The van der Waals surface area contributed by atoms with Gasteiger partial charge in [-0.05, 0) is 56.5 Å². The molecule has 28 heavy (non-hydrogen) atoms. The van der Waals surface area contributed by atoms with Gasteiger partial charge in [-0.25, -0.2) is 4.79 Å². The molecule has 0 spiro atoms. The number of anilines is 1. The Balaban J connectivity index is 1.88. The molecule has 0 fully saturated rings. The summed E-state index contributed by atoms with van der Waals surface area (Å²) in [5.74, 6) is -2.04. The summed E-state index contributed by atoms with van der Waals surface area (Å²) >= 11 is 0. The van der Waals surface area contributed by atoms with Gasteiger partial charge in [-0.3, -0.25) is 9.59 Å². The molecule has 2 rings (SSSR count). The lowest BCUT2D eigenvalue weighted by atomic mass is 10.1. The maximum absolute atomic E-state index is 12.1. The average Bonchev–Trinajstić information content (AvgIpc) is 2.62. The number of phenols is 1. The van der Waals surface area contributed by atoms with Crippen LogP contribution >= 0.6 is 0 Å². The van der Waals surface area contributed by atoms with Crippen molar-refractivity contribution in [3.63, 3.8) is 0 Å². The van der Waals surface area contributed by atoms with Crippen LogP contribution in [0.25, 0.3) is 0 Å². The van der Waals surface area contributed by atoms with Crippen molar-refractivity contribution in [2.45, 2.75) is 33.8 Å². The number of ether oxygens (including phenoxy) is 1. The highest BCUT2D eigenvalue weighted by molar-refractivity contribution is 5.97. The van der Waals surface area contributed by atoms with Crippen LogP contribution in [0.5, 0.6) is 5.75 Å². The van der Waals surface area contributed by atoms with Gasteiger partial charge in [0, 0.05) is 5.69 Å². The molecular weight excluding hydrogens is 360 g/mol. The van der Waals surface area contributed by atoms with Crippen LogP contribution < -0.4 is 10.6 Å². The summed E-state index contributed by atoms with van der Waals surface area (Å²) < 4.78 is 5.07. The number of amides is 2. The van der Waals surface area contributed by atoms with E-state index in [-0.39, 0.29) is 23.8 Å². The Morgan fingerprint density at radius 3 is 2.32 bits per heavy atom. The molecule has 0 aliphatic rings. The molecule has 0 heterocycles. The normalized spacial score (nSPS) is 11.4. The molecule has 1 unspecified atom stereocenters. The number of benzene rings is 2. The van der Waals surface area contributed by atoms with Crippen molar-refractivity contribution in [1.29, 1.82) is 0 Å². The summed E-state index contributed by atoms with van der Waals surface area (Å²) in [4.78, 5) is 36.3. The van der Waals surface area contributed by atoms with Crippen LogP contribution in [-0.4, -0.2) is 35.5 Å². The van der Waals surface area contributed by atoms with E-state index >= 15 is 0 Å². The molecular formula is C21H24N2O5. The number of aryl methyl sites for hydroxylation is 3. The summed E-state index contributed by atoms with van der Waals surface area (Å²) in [6.07, 6.45) is -1.12. The molecule has 3 N–H and O–H groups in total. The van der Waals surface area contributed by atoms with Crippen LogP contribution in [0.3, 0.4) is 0 Å². The van der Waals surface area contributed by atoms with Crippen molar-refractivity contribution in [2.75, 3.05) is 11.9 Å². The van der Waals surface area contributed by atoms with Crippen molar-refractivity contribution in [3.05, 3.63) is 58.7 Å². The lowest BCUT2D eigenvalue weighted by Crippen LogP contribution is -2.40. The summed E-state index contributed by atoms with van der Waals surface area (Å²) in [7, 11) is 0. The Morgan fingerprint density at radius 2 is 1.71 bits per heavy atom. The lowest BCUT2D eigenvalue weighted by Gasteiger charge is -2.15. The Hall–Kier alpha value is -3.35. The SMILES string of the molecule is Cc1ccc(C(=O)OC(C)C(=O)NCC(=O)Nc2c(C)cccc2C)c(O)c1. The molecule has 1 atom stereocenters. The van der Waals surface area contributed by atoms with E-state index in [0.29, 0.717) is 5.69 Å². The molecule has 7 nitrogen and oxygen atoms in total. The first-order valence-corrected chi connectivity index (χ1v) is 8.83. The Labute approximate surface area is 163 Å². The number of phenolic OH excluding ortho intramolecular Hbond substituents is 1. The van der Waals surface area contributed by atoms with Crippen molar-refractivity contribution in [3.8, 4) is 5.75 Å². The van der Waals surface area contributed by atoms with E-state index in [1.54, 1.807) is 13.0 Å². The van der Waals surface area contributed by atoms with Crippen LogP contribution in [0.4, 0.5) is 5.69 Å². The predicted molar refractivity (Wildman–Crippen MR) is 105 cm³/mol. The lowest BCUT2D eigenvalue weighted by molar-refractivity contribution is -0.130. The Bertz CT molecular complexity index is 887. The van der Waals surface area contributed by atoms with E-state index in [2.05, 4.69) is 10.6 Å². The second-order valence-corrected chi connectivity index (χ2v) is 6.60.